The molecular formula is C22H22N6O2S. The lowest BCUT2D eigenvalue weighted by atomic mass is 10.2. The van der Waals surface area contributed by atoms with E-state index in [2.05, 4.69) is 20.4 Å². The van der Waals surface area contributed by atoms with Crippen molar-refractivity contribution in [1.82, 2.24) is 24.1 Å². The Bertz CT molecular complexity index is 1300. The number of benzene rings is 2. The Morgan fingerprint density at radius 2 is 1.68 bits per heavy atom. The molecule has 2 aromatic heterocycles. The highest BCUT2D eigenvalue weighted by molar-refractivity contribution is 7.89. The first-order valence-corrected chi connectivity index (χ1v) is 11.6. The van der Waals surface area contributed by atoms with E-state index >= 15 is 0 Å². The summed E-state index contributed by atoms with van der Waals surface area (Å²) in [5, 5.41) is 8.60. The van der Waals surface area contributed by atoms with E-state index in [1.807, 2.05) is 42.5 Å². The van der Waals surface area contributed by atoms with E-state index in [0.29, 0.717) is 30.3 Å². The molecule has 1 N–H and O–H groups in total. The molecule has 0 atom stereocenters. The van der Waals surface area contributed by atoms with Crippen molar-refractivity contribution in [2.45, 2.75) is 24.3 Å². The summed E-state index contributed by atoms with van der Waals surface area (Å²) in [5.74, 6) is 0.681. The molecule has 0 unspecified atom stereocenters. The Hall–Kier alpha value is -3.30. The third-order valence-corrected chi connectivity index (χ3v) is 7.37. The van der Waals surface area contributed by atoms with Crippen molar-refractivity contribution in [3.05, 3.63) is 72.7 Å². The lowest BCUT2D eigenvalue weighted by Crippen LogP contribution is -2.27. The van der Waals surface area contributed by atoms with Crippen LogP contribution in [-0.2, 0) is 16.6 Å². The third kappa shape index (κ3) is 3.77. The van der Waals surface area contributed by atoms with E-state index in [0.717, 1.165) is 35.1 Å². The molecule has 0 amide bonds. The van der Waals surface area contributed by atoms with Gasteiger partial charge >= 0.3 is 0 Å². The van der Waals surface area contributed by atoms with Crippen LogP contribution in [0.4, 0.5) is 5.82 Å². The number of rotatable bonds is 6. The predicted molar refractivity (Wildman–Crippen MR) is 118 cm³/mol. The maximum Gasteiger partial charge on any atom is 0.243 e. The average molecular weight is 435 g/mol. The van der Waals surface area contributed by atoms with Crippen LogP contribution in [0.2, 0.25) is 0 Å². The molecule has 0 saturated carbocycles. The summed E-state index contributed by atoms with van der Waals surface area (Å²) in [6.45, 7) is 1.71. The quantitative estimate of drug-likeness (QED) is 0.501. The van der Waals surface area contributed by atoms with E-state index in [4.69, 9.17) is 0 Å². The zero-order valence-corrected chi connectivity index (χ0v) is 17.7. The van der Waals surface area contributed by atoms with Crippen LogP contribution in [0.25, 0.3) is 16.7 Å². The molecule has 1 aliphatic rings. The minimum atomic E-state index is -3.39. The summed E-state index contributed by atoms with van der Waals surface area (Å²) in [4.78, 5) is 9.09. The molecule has 0 aliphatic carbocycles. The summed E-state index contributed by atoms with van der Waals surface area (Å²) in [5.41, 5.74) is 2.61. The molecule has 0 spiro atoms. The van der Waals surface area contributed by atoms with Gasteiger partial charge in [0.25, 0.3) is 0 Å². The molecular weight excluding hydrogens is 412 g/mol. The first-order chi connectivity index (χ1) is 15.1. The highest BCUT2D eigenvalue weighted by Crippen LogP contribution is 2.23. The normalized spacial score (nSPS) is 14.8. The Kier molecular flexibility index (Phi) is 5.13. The molecule has 0 bridgehead atoms. The molecule has 8 nitrogen and oxygen atoms in total. The summed E-state index contributed by atoms with van der Waals surface area (Å²) in [6.07, 6.45) is 5.11. The molecule has 0 radical (unpaired) electrons. The molecule has 1 aliphatic heterocycles. The lowest BCUT2D eigenvalue weighted by molar-refractivity contribution is 0.477. The molecule has 158 valence electrons. The summed E-state index contributed by atoms with van der Waals surface area (Å²) in [7, 11) is -3.39. The third-order valence-electron chi connectivity index (χ3n) is 5.45. The van der Waals surface area contributed by atoms with Gasteiger partial charge in [-0.25, -0.2) is 23.1 Å². The first-order valence-electron chi connectivity index (χ1n) is 10.2. The molecule has 5 rings (SSSR count). The molecule has 3 heterocycles. The van der Waals surface area contributed by atoms with Crippen LogP contribution in [-0.4, -0.2) is 45.6 Å². The number of anilines is 1. The van der Waals surface area contributed by atoms with Crippen molar-refractivity contribution in [2.24, 2.45) is 0 Å². The van der Waals surface area contributed by atoms with Gasteiger partial charge in [0, 0.05) is 19.6 Å². The SMILES string of the molecule is O=S(=O)(c1ccc(CNc2ncnc3c2cnn3-c2ccccc2)cc1)N1CCCC1. The summed E-state index contributed by atoms with van der Waals surface area (Å²) in [6, 6.07) is 16.8. The van der Waals surface area contributed by atoms with E-state index < -0.39 is 10.0 Å². The zero-order valence-electron chi connectivity index (χ0n) is 16.8. The molecule has 4 aromatic rings. The van der Waals surface area contributed by atoms with Crippen molar-refractivity contribution in [3.8, 4) is 5.69 Å². The Morgan fingerprint density at radius 3 is 2.42 bits per heavy atom. The standard InChI is InChI=1S/C22H22N6O2S/c29-31(30,27-12-4-5-13-27)19-10-8-17(9-11-19)14-23-21-20-15-26-28(22(20)25-16-24-21)18-6-2-1-3-7-18/h1-3,6-11,15-16H,4-5,12-14H2,(H,23,24,25). The second kappa shape index (κ2) is 8.09. The second-order valence-electron chi connectivity index (χ2n) is 7.46. The number of aromatic nitrogens is 4. The minimum Gasteiger partial charge on any atom is -0.365 e. The van der Waals surface area contributed by atoms with Crippen molar-refractivity contribution in [2.75, 3.05) is 18.4 Å². The van der Waals surface area contributed by atoms with Crippen molar-refractivity contribution in [1.29, 1.82) is 0 Å². The van der Waals surface area contributed by atoms with Crippen LogP contribution < -0.4 is 5.32 Å². The smallest absolute Gasteiger partial charge is 0.243 e. The topological polar surface area (TPSA) is 93.0 Å². The van der Waals surface area contributed by atoms with Gasteiger partial charge < -0.3 is 5.32 Å². The first kappa shape index (κ1) is 19.7. The molecule has 9 heteroatoms. The van der Waals surface area contributed by atoms with Crippen molar-refractivity contribution >= 4 is 26.9 Å². The van der Waals surface area contributed by atoms with Gasteiger partial charge in [-0.05, 0) is 42.7 Å². The fraction of sp³-hybridized carbons (Fsp3) is 0.227. The second-order valence-corrected chi connectivity index (χ2v) is 9.40. The zero-order chi connectivity index (χ0) is 21.3. The van der Waals surface area contributed by atoms with E-state index in [-0.39, 0.29) is 0 Å². The van der Waals surface area contributed by atoms with Gasteiger partial charge in [0.2, 0.25) is 10.0 Å². The maximum atomic E-state index is 12.7. The highest BCUT2D eigenvalue weighted by Gasteiger charge is 2.26. The molecule has 2 aromatic carbocycles. The highest BCUT2D eigenvalue weighted by atomic mass is 32.2. The minimum absolute atomic E-state index is 0.340. The number of nitrogens with zero attached hydrogens (tertiary/aromatic N) is 5. The van der Waals surface area contributed by atoms with Gasteiger partial charge in [-0.3, -0.25) is 0 Å². The number of hydrogen-bond acceptors (Lipinski definition) is 6. The summed E-state index contributed by atoms with van der Waals surface area (Å²) < 4.78 is 28.7. The van der Waals surface area contributed by atoms with Gasteiger partial charge in [-0.15, -0.1) is 0 Å². The summed E-state index contributed by atoms with van der Waals surface area (Å²) >= 11 is 0. The monoisotopic (exact) mass is 434 g/mol. The maximum absolute atomic E-state index is 12.7. The predicted octanol–water partition coefficient (Wildman–Crippen LogP) is 3.21. The number of para-hydroxylation sites is 1. The van der Waals surface area contributed by atoms with Gasteiger partial charge in [0.15, 0.2) is 5.65 Å². The molecule has 31 heavy (non-hydrogen) atoms. The Morgan fingerprint density at radius 1 is 0.935 bits per heavy atom. The van der Waals surface area contributed by atoms with Crippen LogP contribution in [0.5, 0.6) is 0 Å². The van der Waals surface area contributed by atoms with Crippen LogP contribution >= 0.6 is 0 Å². The fourth-order valence-electron chi connectivity index (χ4n) is 3.79. The Labute approximate surface area is 180 Å². The number of fused-ring (bicyclic) bond motifs is 1. The van der Waals surface area contributed by atoms with Crippen molar-refractivity contribution in [3.63, 3.8) is 0 Å². The van der Waals surface area contributed by atoms with Gasteiger partial charge in [-0.1, -0.05) is 30.3 Å². The van der Waals surface area contributed by atoms with Crippen LogP contribution in [0.15, 0.2) is 72.0 Å². The van der Waals surface area contributed by atoms with Crippen molar-refractivity contribution < 1.29 is 8.42 Å². The number of nitrogens with one attached hydrogen (secondary N) is 1. The van der Waals surface area contributed by atoms with Gasteiger partial charge in [0.1, 0.15) is 12.1 Å². The molecule has 1 fully saturated rings. The van der Waals surface area contributed by atoms with Crippen LogP contribution in [0.1, 0.15) is 18.4 Å². The lowest BCUT2D eigenvalue weighted by Gasteiger charge is -2.15. The Balaban J connectivity index is 1.34. The largest absolute Gasteiger partial charge is 0.365 e. The van der Waals surface area contributed by atoms with Crippen LogP contribution in [0, 0.1) is 0 Å². The fourth-order valence-corrected chi connectivity index (χ4v) is 5.30. The number of hydrogen-bond donors (Lipinski definition) is 1. The van der Waals surface area contributed by atoms with E-state index in [1.165, 1.54) is 6.33 Å². The van der Waals surface area contributed by atoms with E-state index in [1.54, 1.807) is 27.3 Å². The van der Waals surface area contributed by atoms with Crippen LogP contribution in [0.3, 0.4) is 0 Å². The average Bonchev–Trinajstić information content (AvgIpc) is 3.49. The van der Waals surface area contributed by atoms with E-state index in [9.17, 15) is 8.42 Å². The van der Waals surface area contributed by atoms with Gasteiger partial charge in [-0.2, -0.15) is 9.40 Å². The van der Waals surface area contributed by atoms with Gasteiger partial charge in [0.05, 0.1) is 22.2 Å². The molecule has 1 saturated heterocycles. The number of sulfonamides is 1.